The third kappa shape index (κ3) is 4.92. The van der Waals surface area contributed by atoms with Crippen molar-refractivity contribution < 1.29 is 28.2 Å². The van der Waals surface area contributed by atoms with Gasteiger partial charge in [-0.25, -0.2) is 14.6 Å². The fourth-order valence-corrected chi connectivity index (χ4v) is 5.75. The van der Waals surface area contributed by atoms with E-state index < -0.39 is 31.7 Å². The Balaban J connectivity index is 1.42. The molecule has 0 amide bonds. The first-order chi connectivity index (χ1) is 17.8. The smallest absolute Gasteiger partial charge is 0.459 e. The first-order valence-electron chi connectivity index (χ1n) is 11.5. The van der Waals surface area contributed by atoms with E-state index in [1.165, 1.54) is 24.9 Å². The van der Waals surface area contributed by atoms with Gasteiger partial charge in [-0.1, -0.05) is 23.3 Å². The van der Waals surface area contributed by atoms with E-state index in [0.717, 1.165) is 12.8 Å². The maximum Gasteiger partial charge on any atom is 0.459 e. The number of imidazole rings is 1. The van der Waals surface area contributed by atoms with Crippen LogP contribution in [-0.2, 0) is 13.8 Å². The van der Waals surface area contributed by atoms with E-state index in [0.29, 0.717) is 11.3 Å². The lowest BCUT2D eigenvalue weighted by molar-refractivity contribution is -0.0423. The quantitative estimate of drug-likeness (QED) is 0.150. The Hall–Kier alpha value is -3.45. The number of nitrogens with two attached hydrogens (primary N) is 1. The molecule has 3 heterocycles. The molecule has 1 saturated heterocycles. The molecular formula is C21H26N9O6P. The van der Waals surface area contributed by atoms with Crippen LogP contribution < -0.4 is 20.1 Å². The second kappa shape index (κ2) is 9.78. The van der Waals surface area contributed by atoms with Gasteiger partial charge in [0, 0.05) is 11.0 Å². The number of hydrogen-bond donors (Lipinski definition) is 3. The molecule has 1 aliphatic carbocycles. The topological polar surface area (TPSA) is 205 Å². The molecule has 196 valence electrons. The van der Waals surface area contributed by atoms with Gasteiger partial charge < -0.3 is 24.8 Å². The van der Waals surface area contributed by atoms with Crippen molar-refractivity contribution >= 4 is 24.9 Å². The molecule has 5 atom stereocenters. The molecule has 4 N–H and O–H groups in total. The van der Waals surface area contributed by atoms with Crippen LogP contribution in [0.15, 0.2) is 41.8 Å². The van der Waals surface area contributed by atoms with Crippen molar-refractivity contribution in [3.05, 3.63) is 47.1 Å². The zero-order valence-corrected chi connectivity index (χ0v) is 20.9. The van der Waals surface area contributed by atoms with Gasteiger partial charge in [0.2, 0.25) is 11.8 Å². The summed E-state index contributed by atoms with van der Waals surface area (Å²) >= 11 is 0. The number of nitrogens with one attached hydrogen (secondary N) is 1. The molecule has 2 unspecified atom stereocenters. The van der Waals surface area contributed by atoms with Crippen molar-refractivity contribution in [3.63, 3.8) is 0 Å². The highest BCUT2D eigenvalue weighted by Crippen LogP contribution is 2.49. The summed E-state index contributed by atoms with van der Waals surface area (Å²) in [6.45, 7) is 1.20. The molecule has 15 nitrogen and oxygen atoms in total. The number of methoxy groups -OCH3 is 1. The summed E-state index contributed by atoms with van der Waals surface area (Å²) in [4.78, 5) is 15.4. The number of rotatable bonds is 10. The first kappa shape index (κ1) is 25.2. The number of aliphatic hydroxyl groups excluding tert-OH is 1. The molecular weight excluding hydrogens is 505 g/mol. The number of nitrogen functional groups attached to an aromatic ring is 1. The van der Waals surface area contributed by atoms with Gasteiger partial charge in [0.25, 0.3) is 0 Å². The third-order valence-electron chi connectivity index (χ3n) is 6.16. The lowest BCUT2D eigenvalue weighted by Gasteiger charge is -2.28. The maximum atomic E-state index is 13.5. The van der Waals surface area contributed by atoms with Crippen LogP contribution in [0.3, 0.4) is 0 Å². The van der Waals surface area contributed by atoms with Gasteiger partial charge in [-0.2, -0.15) is 9.97 Å². The molecule has 2 aromatic heterocycles. The van der Waals surface area contributed by atoms with Crippen molar-refractivity contribution in [1.29, 1.82) is 0 Å². The summed E-state index contributed by atoms with van der Waals surface area (Å²) in [5.41, 5.74) is 14.1. The minimum Gasteiger partial charge on any atom is -0.479 e. The van der Waals surface area contributed by atoms with Gasteiger partial charge in [0.05, 0.1) is 26.1 Å². The minimum atomic E-state index is -3.82. The van der Waals surface area contributed by atoms with Crippen molar-refractivity contribution in [2.45, 2.75) is 49.8 Å². The lowest BCUT2D eigenvalue weighted by Crippen LogP contribution is -2.42. The monoisotopic (exact) mass is 531 g/mol. The highest BCUT2D eigenvalue weighted by atomic mass is 31.2. The van der Waals surface area contributed by atoms with E-state index in [1.807, 2.05) is 0 Å². The molecule has 0 radical (unpaired) electrons. The second-order valence-corrected chi connectivity index (χ2v) is 10.6. The summed E-state index contributed by atoms with van der Waals surface area (Å²) in [6.07, 6.45) is -0.390. The summed E-state index contributed by atoms with van der Waals surface area (Å²) in [5, 5.41) is 17.9. The molecule has 37 heavy (non-hydrogen) atoms. The van der Waals surface area contributed by atoms with E-state index in [1.54, 1.807) is 30.3 Å². The zero-order valence-electron chi connectivity index (χ0n) is 20.0. The maximum absolute atomic E-state index is 13.5. The number of benzene rings is 1. The van der Waals surface area contributed by atoms with Crippen LogP contribution in [0.2, 0.25) is 0 Å². The molecule has 3 aromatic rings. The van der Waals surface area contributed by atoms with Crippen LogP contribution in [0, 0.1) is 0 Å². The number of aromatic nitrogens is 4. The Morgan fingerprint density at radius 3 is 2.81 bits per heavy atom. The minimum absolute atomic E-state index is 0.00241. The van der Waals surface area contributed by atoms with Gasteiger partial charge in [0.1, 0.15) is 17.4 Å². The molecule has 16 heteroatoms. The van der Waals surface area contributed by atoms with Gasteiger partial charge in [-0.15, -0.1) is 0 Å². The summed E-state index contributed by atoms with van der Waals surface area (Å²) < 4.78 is 37.8. The normalized spacial score (nSPS) is 26.9. The zero-order chi connectivity index (χ0) is 26.2. The van der Waals surface area contributed by atoms with E-state index >= 15 is 0 Å². The van der Waals surface area contributed by atoms with Gasteiger partial charge in [-0.05, 0) is 37.4 Å². The highest BCUT2D eigenvalue weighted by molar-refractivity contribution is 7.52. The number of ether oxygens (including phenoxy) is 2. The number of para-hydroxylation sites is 1. The molecule has 2 aliphatic rings. The van der Waals surface area contributed by atoms with Crippen molar-refractivity contribution in [1.82, 2.24) is 24.6 Å². The van der Waals surface area contributed by atoms with E-state index in [2.05, 4.69) is 30.1 Å². The van der Waals surface area contributed by atoms with Crippen LogP contribution in [0.4, 0.5) is 5.95 Å². The molecule has 0 bridgehead atoms. The average molecular weight is 531 g/mol. The van der Waals surface area contributed by atoms with Gasteiger partial charge in [-0.3, -0.25) is 9.09 Å². The number of nitrogens with zero attached hydrogens (tertiary/aromatic N) is 7. The number of hydrogen-bond acceptors (Lipinski definition) is 11. The van der Waals surface area contributed by atoms with Crippen LogP contribution >= 0.6 is 7.75 Å². The molecule has 1 aliphatic heterocycles. The van der Waals surface area contributed by atoms with Gasteiger partial charge in [0.15, 0.2) is 17.4 Å². The van der Waals surface area contributed by atoms with E-state index in [-0.39, 0.29) is 30.1 Å². The molecule has 5 rings (SSSR count). The summed E-state index contributed by atoms with van der Waals surface area (Å²) in [6, 6.07) is 8.62. The molecule has 2 fully saturated rings. The number of azide groups is 1. The highest BCUT2D eigenvalue weighted by Gasteiger charge is 2.55. The van der Waals surface area contributed by atoms with Crippen LogP contribution in [-0.4, -0.2) is 62.1 Å². The predicted molar refractivity (Wildman–Crippen MR) is 131 cm³/mol. The van der Waals surface area contributed by atoms with E-state index in [4.69, 9.17) is 24.3 Å². The summed E-state index contributed by atoms with van der Waals surface area (Å²) in [7, 11) is -2.41. The Kier molecular flexibility index (Phi) is 6.67. The first-order valence-corrected chi connectivity index (χ1v) is 13.0. The molecule has 1 saturated carbocycles. The Morgan fingerprint density at radius 1 is 1.38 bits per heavy atom. The number of aliphatic hydroxyl groups is 1. The average Bonchev–Trinajstić information content (AvgIpc) is 3.53. The lowest BCUT2D eigenvalue weighted by atomic mass is 9.93. The largest absolute Gasteiger partial charge is 0.479 e. The SMILES string of the molecule is COc1nc(N)nc2c1ncn2C1O[C@H](COP(=O)(NC2CC2)Oc2ccccc2)[C@@H](O)[C@@]1(C)N=[N+]=[N-]. The van der Waals surface area contributed by atoms with Gasteiger partial charge >= 0.3 is 7.75 Å². The Bertz CT molecular complexity index is 1380. The van der Waals surface area contributed by atoms with Crippen LogP contribution in [0.1, 0.15) is 26.0 Å². The van der Waals surface area contributed by atoms with Crippen molar-refractivity contribution in [2.75, 3.05) is 19.5 Å². The fourth-order valence-electron chi connectivity index (χ4n) is 4.12. The summed E-state index contributed by atoms with van der Waals surface area (Å²) in [5.74, 6) is 0.440. The standard InChI is InChI=1S/C21H26N9O6P/c1-21(28-29-23)16(31)14(10-34-37(32,27-12-8-9-12)36-13-6-4-3-5-7-13)35-19(21)30-11-24-15-17(30)25-20(22)26-18(15)33-2/h3-7,11-12,14,16,19,31H,8-10H2,1-2H3,(H,27,32)(H2,22,25,26)/t14-,16-,19?,21-,37?/m1/s1. The Morgan fingerprint density at radius 2 is 2.14 bits per heavy atom. The second-order valence-electron chi connectivity index (χ2n) is 8.90. The third-order valence-corrected chi connectivity index (χ3v) is 7.78. The number of fused-ring (bicyclic) bond motifs is 1. The molecule has 0 spiro atoms. The van der Waals surface area contributed by atoms with Crippen LogP contribution in [0.25, 0.3) is 21.6 Å². The van der Waals surface area contributed by atoms with Crippen molar-refractivity contribution in [2.24, 2.45) is 5.11 Å². The predicted octanol–water partition coefficient (Wildman–Crippen LogP) is 2.70. The molecule has 1 aromatic carbocycles. The number of anilines is 1. The van der Waals surface area contributed by atoms with E-state index in [9.17, 15) is 15.2 Å². The Labute approximate surface area is 211 Å². The fraction of sp³-hybridized carbons (Fsp3) is 0.476. The van der Waals surface area contributed by atoms with Crippen molar-refractivity contribution in [3.8, 4) is 11.6 Å². The van der Waals surface area contributed by atoms with Crippen LogP contribution in [0.5, 0.6) is 11.6 Å².